The lowest BCUT2D eigenvalue weighted by molar-refractivity contribution is -0.0151. The highest BCUT2D eigenvalue weighted by Gasteiger charge is 2.42. The van der Waals surface area contributed by atoms with E-state index in [1.54, 1.807) is 30.7 Å². The normalized spacial score (nSPS) is 21.3. The SMILES string of the molecule is CNS(=O)(=O)c1cccc(OCC(O)CNC2COC3(CCN(c4cnccn4)CC3)C2)c1. The van der Waals surface area contributed by atoms with Gasteiger partial charge in [-0.15, -0.1) is 0 Å². The predicted octanol–water partition coefficient (Wildman–Crippen LogP) is 0.542. The Labute approximate surface area is 194 Å². The van der Waals surface area contributed by atoms with Gasteiger partial charge in [0.15, 0.2) is 0 Å². The zero-order valence-electron chi connectivity index (χ0n) is 18.7. The van der Waals surface area contributed by atoms with Crippen molar-refractivity contribution >= 4 is 15.8 Å². The molecule has 2 aromatic rings. The highest BCUT2D eigenvalue weighted by molar-refractivity contribution is 7.89. The molecule has 0 amide bonds. The van der Waals surface area contributed by atoms with E-state index in [2.05, 4.69) is 24.9 Å². The summed E-state index contributed by atoms with van der Waals surface area (Å²) in [5, 5.41) is 13.7. The Kier molecular flexibility index (Phi) is 7.45. The number of aliphatic hydroxyl groups is 1. The Morgan fingerprint density at radius 2 is 2.15 bits per heavy atom. The third-order valence-corrected chi connectivity index (χ3v) is 7.64. The summed E-state index contributed by atoms with van der Waals surface area (Å²) in [4.78, 5) is 10.9. The van der Waals surface area contributed by atoms with Crippen LogP contribution in [0.1, 0.15) is 19.3 Å². The van der Waals surface area contributed by atoms with Crippen molar-refractivity contribution in [2.24, 2.45) is 0 Å². The van der Waals surface area contributed by atoms with E-state index in [-0.39, 0.29) is 23.1 Å². The standard InChI is InChI=1S/C22H31N5O5S/c1-23-33(29,30)20-4-2-3-19(11-20)31-16-18(28)13-26-17-12-22(32-15-17)5-9-27(10-6-22)21-14-24-7-8-25-21/h2-4,7-8,11,14,17-18,23,26,28H,5-6,9-10,12-13,15-16H2,1H3. The molecule has 4 rings (SSSR count). The highest BCUT2D eigenvalue weighted by Crippen LogP contribution is 2.36. The van der Waals surface area contributed by atoms with Crippen LogP contribution in [0.25, 0.3) is 0 Å². The van der Waals surface area contributed by atoms with Crippen molar-refractivity contribution in [3.05, 3.63) is 42.9 Å². The second-order valence-electron chi connectivity index (χ2n) is 8.50. The van der Waals surface area contributed by atoms with Crippen molar-refractivity contribution in [3.63, 3.8) is 0 Å². The molecular formula is C22H31N5O5S. The molecule has 11 heteroatoms. The van der Waals surface area contributed by atoms with E-state index in [1.807, 2.05) is 0 Å². The molecule has 3 N–H and O–H groups in total. The summed E-state index contributed by atoms with van der Waals surface area (Å²) >= 11 is 0. The number of aromatic nitrogens is 2. The van der Waals surface area contributed by atoms with Gasteiger partial charge in [-0.1, -0.05) is 6.07 Å². The van der Waals surface area contributed by atoms with Crippen LogP contribution in [-0.2, 0) is 14.8 Å². The van der Waals surface area contributed by atoms with Crippen molar-refractivity contribution in [1.82, 2.24) is 20.0 Å². The number of nitrogens with zero attached hydrogens (tertiary/aromatic N) is 3. The van der Waals surface area contributed by atoms with Crippen molar-refractivity contribution < 1.29 is 23.0 Å². The van der Waals surface area contributed by atoms with E-state index in [9.17, 15) is 13.5 Å². The number of hydrogen-bond acceptors (Lipinski definition) is 9. The molecular weight excluding hydrogens is 446 g/mol. The Morgan fingerprint density at radius 3 is 2.88 bits per heavy atom. The highest BCUT2D eigenvalue weighted by atomic mass is 32.2. The van der Waals surface area contributed by atoms with Gasteiger partial charge >= 0.3 is 0 Å². The molecule has 0 radical (unpaired) electrons. The molecule has 2 atom stereocenters. The summed E-state index contributed by atoms with van der Waals surface area (Å²) in [5.74, 6) is 1.29. The number of rotatable bonds is 9. The van der Waals surface area contributed by atoms with Crippen LogP contribution in [-0.4, -0.2) is 81.1 Å². The molecule has 0 bridgehead atoms. The van der Waals surface area contributed by atoms with Gasteiger partial charge in [-0.25, -0.2) is 18.1 Å². The van der Waals surface area contributed by atoms with Gasteiger partial charge in [-0.2, -0.15) is 0 Å². The maximum atomic E-state index is 11.9. The topological polar surface area (TPSA) is 126 Å². The van der Waals surface area contributed by atoms with Crippen LogP contribution >= 0.6 is 0 Å². The summed E-state index contributed by atoms with van der Waals surface area (Å²) in [5.41, 5.74) is -0.128. The maximum Gasteiger partial charge on any atom is 0.240 e. The Balaban J connectivity index is 1.20. The van der Waals surface area contributed by atoms with Crippen LogP contribution in [0.3, 0.4) is 0 Å². The largest absolute Gasteiger partial charge is 0.491 e. The first-order chi connectivity index (χ1) is 15.9. The molecule has 33 heavy (non-hydrogen) atoms. The van der Waals surface area contributed by atoms with Crippen molar-refractivity contribution in [2.45, 2.75) is 41.9 Å². The third kappa shape index (κ3) is 5.98. The van der Waals surface area contributed by atoms with Gasteiger partial charge in [-0.3, -0.25) is 4.98 Å². The van der Waals surface area contributed by atoms with Gasteiger partial charge in [0.2, 0.25) is 10.0 Å². The fourth-order valence-electron chi connectivity index (χ4n) is 4.32. The maximum absolute atomic E-state index is 11.9. The van der Waals surface area contributed by atoms with E-state index < -0.39 is 16.1 Å². The van der Waals surface area contributed by atoms with Crippen LogP contribution in [0.15, 0.2) is 47.8 Å². The lowest BCUT2D eigenvalue weighted by Crippen LogP contribution is -2.45. The number of hydrogen-bond donors (Lipinski definition) is 3. The number of piperidine rings is 1. The van der Waals surface area contributed by atoms with Gasteiger partial charge < -0.3 is 24.8 Å². The fourth-order valence-corrected chi connectivity index (χ4v) is 5.09. The number of aliphatic hydroxyl groups excluding tert-OH is 1. The van der Waals surface area contributed by atoms with Crippen molar-refractivity contribution in [1.29, 1.82) is 0 Å². The number of sulfonamides is 1. The summed E-state index contributed by atoms with van der Waals surface area (Å²) in [6, 6.07) is 6.37. The summed E-state index contributed by atoms with van der Waals surface area (Å²) < 4.78 is 37.9. The Bertz CT molecular complexity index is 1010. The zero-order chi connectivity index (χ0) is 23.3. The first-order valence-corrected chi connectivity index (χ1v) is 12.6. The first-order valence-electron chi connectivity index (χ1n) is 11.1. The Morgan fingerprint density at radius 1 is 1.33 bits per heavy atom. The number of nitrogens with one attached hydrogen (secondary N) is 2. The zero-order valence-corrected chi connectivity index (χ0v) is 19.5. The van der Waals surface area contributed by atoms with Gasteiger partial charge in [0.1, 0.15) is 24.3 Å². The Hall–Kier alpha value is -2.31. The second-order valence-corrected chi connectivity index (χ2v) is 10.4. The molecule has 180 valence electrons. The minimum absolute atomic E-state index is 0.0574. The number of benzene rings is 1. The molecule has 3 heterocycles. The van der Waals surface area contributed by atoms with Crippen LogP contribution in [0.5, 0.6) is 5.75 Å². The van der Waals surface area contributed by atoms with Crippen molar-refractivity contribution in [2.75, 3.05) is 44.8 Å². The summed E-state index contributed by atoms with van der Waals surface area (Å²) in [7, 11) is -2.18. The average Bonchev–Trinajstić information content (AvgIpc) is 3.25. The molecule has 2 aliphatic rings. The van der Waals surface area contributed by atoms with Crippen LogP contribution in [0.2, 0.25) is 0 Å². The molecule has 2 fully saturated rings. The lowest BCUT2D eigenvalue weighted by Gasteiger charge is -2.39. The summed E-state index contributed by atoms with van der Waals surface area (Å²) in [6.45, 7) is 2.79. The van der Waals surface area contributed by atoms with Gasteiger partial charge in [0.25, 0.3) is 0 Å². The van der Waals surface area contributed by atoms with Crippen LogP contribution < -0.4 is 19.7 Å². The molecule has 1 spiro atoms. The number of anilines is 1. The predicted molar refractivity (Wildman–Crippen MR) is 123 cm³/mol. The molecule has 0 aliphatic carbocycles. The van der Waals surface area contributed by atoms with E-state index in [1.165, 1.54) is 19.2 Å². The molecule has 2 saturated heterocycles. The molecule has 1 aromatic heterocycles. The second kappa shape index (κ2) is 10.3. The third-order valence-electron chi connectivity index (χ3n) is 6.23. The quantitative estimate of drug-likeness (QED) is 0.474. The average molecular weight is 478 g/mol. The smallest absolute Gasteiger partial charge is 0.240 e. The monoisotopic (exact) mass is 477 g/mol. The molecule has 2 unspecified atom stereocenters. The summed E-state index contributed by atoms with van der Waals surface area (Å²) in [6.07, 6.45) is 7.21. The van der Waals surface area contributed by atoms with E-state index in [0.29, 0.717) is 18.9 Å². The fraction of sp³-hybridized carbons (Fsp3) is 0.545. The van der Waals surface area contributed by atoms with Gasteiger partial charge in [0, 0.05) is 44.1 Å². The minimum atomic E-state index is -3.54. The van der Waals surface area contributed by atoms with Gasteiger partial charge in [-0.05, 0) is 38.4 Å². The van der Waals surface area contributed by atoms with Crippen LogP contribution in [0, 0.1) is 0 Å². The van der Waals surface area contributed by atoms with E-state index in [0.717, 1.165) is 38.2 Å². The van der Waals surface area contributed by atoms with Gasteiger partial charge in [0.05, 0.1) is 23.3 Å². The molecule has 2 aliphatic heterocycles. The number of ether oxygens (including phenoxy) is 2. The van der Waals surface area contributed by atoms with Crippen LogP contribution in [0.4, 0.5) is 5.82 Å². The minimum Gasteiger partial charge on any atom is -0.491 e. The molecule has 0 saturated carbocycles. The first kappa shape index (κ1) is 23.8. The molecule has 1 aromatic carbocycles. The molecule has 10 nitrogen and oxygen atoms in total. The van der Waals surface area contributed by atoms with E-state index >= 15 is 0 Å². The van der Waals surface area contributed by atoms with E-state index in [4.69, 9.17) is 9.47 Å². The lowest BCUT2D eigenvalue weighted by atomic mass is 9.87. The van der Waals surface area contributed by atoms with Crippen molar-refractivity contribution in [3.8, 4) is 5.75 Å².